The second-order valence-corrected chi connectivity index (χ2v) is 9.36. The molecule has 3 heterocycles. The average molecular weight is 437 g/mol. The Bertz CT molecular complexity index is 978. The van der Waals surface area contributed by atoms with E-state index in [9.17, 15) is 0 Å². The summed E-state index contributed by atoms with van der Waals surface area (Å²) in [5.74, 6) is 1.60. The second kappa shape index (κ2) is 8.67. The Kier molecular flexibility index (Phi) is 5.73. The molecule has 0 bridgehead atoms. The zero-order valence-corrected chi connectivity index (χ0v) is 18.7. The predicted molar refractivity (Wildman–Crippen MR) is 125 cm³/mol. The molecule has 2 aromatic rings. The molecule has 1 saturated carbocycles. The number of ether oxygens (including phenoxy) is 2. The molecule has 0 radical (unpaired) electrons. The Morgan fingerprint density at radius 3 is 2.75 bits per heavy atom. The molecule has 170 valence electrons. The van der Waals surface area contributed by atoms with E-state index in [-0.39, 0.29) is 11.3 Å². The molecule has 1 aromatic heterocycles. The van der Waals surface area contributed by atoms with Crippen LogP contribution in [0.1, 0.15) is 43.9 Å². The average Bonchev–Trinajstić information content (AvgIpc) is 3.30. The molecule has 8 heteroatoms. The fraction of sp³-hybridized carbons (Fsp3) is 0.542. The molecule has 1 atom stereocenters. The number of hydrogen-bond donors (Lipinski definition) is 2. The van der Waals surface area contributed by atoms with Gasteiger partial charge in [0, 0.05) is 56.6 Å². The first-order chi connectivity index (χ1) is 15.5. The molecule has 3 aliphatic rings. The van der Waals surface area contributed by atoms with Crippen LogP contribution in [0.25, 0.3) is 0 Å². The molecule has 2 aliphatic heterocycles. The Morgan fingerprint density at radius 2 is 2.03 bits per heavy atom. The fourth-order valence-electron chi connectivity index (χ4n) is 4.41. The molecular weight excluding hydrogens is 404 g/mol. The first-order valence-electron chi connectivity index (χ1n) is 11.6. The van der Waals surface area contributed by atoms with Crippen molar-refractivity contribution in [1.82, 2.24) is 14.9 Å². The summed E-state index contributed by atoms with van der Waals surface area (Å²) in [7, 11) is 0. The number of anilines is 2. The highest BCUT2D eigenvalue weighted by Crippen LogP contribution is 2.40. The van der Waals surface area contributed by atoms with Crippen molar-refractivity contribution in [3.8, 4) is 5.75 Å². The number of nitrogens with one attached hydrogen (secondary N) is 1. The summed E-state index contributed by atoms with van der Waals surface area (Å²) in [5.41, 5.74) is 8.16. The van der Waals surface area contributed by atoms with Gasteiger partial charge in [0.25, 0.3) is 0 Å². The maximum absolute atomic E-state index is 8.76. The van der Waals surface area contributed by atoms with Gasteiger partial charge in [-0.05, 0) is 50.8 Å². The van der Waals surface area contributed by atoms with Gasteiger partial charge in [0.2, 0.25) is 0 Å². The van der Waals surface area contributed by atoms with Crippen molar-refractivity contribution in [2.75, 3.05) is 50.0 Å². The Balaban J connectivity index is 1.26. The number of rotatable bonds is 7. The van der Waals surface area contributed by atoms with Gasteiger partial charge in [-0.25, -0.2) is 9.97 Å². The summed E-state index contributed by atoms with van der Waals surface area (Å²) in [4.78, 5) is 13.6. The van der Waals surface area contributed by atoms with Crippen molar-refractivity contribution in [3.63, 3.8) is 0 Å². The minimum Gasteiger partial charge on any atom is -0.488 e. The molecule has 1 aliphatic carbocycles. The summed E-state index contributed by atoms with van der Waals surface area (Å²) >= 11 is 0. The van der Waals surface area contributed by atoms with E-state index in [1.54, 1.807) is 12.4 Å². The van der Waals surface area contributed by atoms with E-state index in [2.05, 4.69) is 26.7 Å². The SMILES string of the molecule is CC1(Oc2ccc(N)c(C(=N)c3cc(N4CCN(CC5CCCO5)CC4)ncn3)c2)CC1. The number of nitrogen functional groups attached to an aromatic ring is 1. The van der Waals surface area contributed by atoms with Crippen LogP contribution in [0.4, 0.5) is 11.5 Å². The van der Waals surface area contributed by atoms with Crippen LogP contribution in [0.3, 0.4) is 0 Å². The second-order valence-electron chi connectivity index (χ2n) is 9.36. The quantitative estimate of drug-likeness (QED) is 0.508. The molecule has 3 N–H and O–H groups in total. The Morgan fingerprint density at radius 1 is 1.22 bits per heavy atom. The van der Waals surface area contributed by atoms with Gasteiger partial charge < -0.3 is 20.1 Å². The smallest absolute Gasteiger partial charge is 0.132 e. The van der Waals surface area contributed by atoms with E-state index in [0.29, 0.717) is 23.0 Å². The predicted octanol–water partition coefficient (Wildman–Crippen LogP) is 2.71. The molecule has 8 nitrogen and oxygen atoms in total. The lowest BCUT2D eigenvalue weighted by Gasteiger charge is -2.36. The Labute approximate surface area is 189 Å². The van der Waals surface area contributed by atoms with Crippen molar-refractivity contribution in [1.29, 1.82) is 5.41 Å². The van der Waals surface area contributed by atoms with Gasteiger partial charge in [0.05, 0.1) is 17.5 Å². The highest BCUT2D eigenvalue weighted by atomic mass is 16.5. The topological polar surface area (TPSA) is 101 Å². The maximum atomic E-state index is 8.76. The molecule has 0 amide bonds. The molecule has 1 aromatic carbocycles. The van der Waals surface area contributed by atoms with E-state index in [4.69, 9.17) is 20.6 Å². The summed E-state index contributed by atoms with van der Waals surface area (Å²) in [6.45, 7) is 7.81. The van der Waals surface area contributed by atoms with E-state index < -0.39 is 0 Å². The van der Waals surface area contributed by atoms with Crippen LogP contribution in [-0.2, 0) is 4.74 Å². The largest absolute Gasteiger partial charge is 0.488 e. The van der Waals surface area contributed by atoms with Crippen LogP contribution >= 0.6 is 0 Å². The van der Waals surface area contributed by atoms with Gasteiger partial charge in [-0.1, -0.05) is 0 Å². The van der Waals surface area contributed by atoms with Crippen LogP contribution in [-0.4, -0.2) is 71.6 Å². The summed E-state index contributed by atoms with van der Waals surface area (Å²) in [5, 5.41) is 8.76. The molecule has 0 spiro atoms. The van der Waals surface area contributed by atoms with Crippen LogP contribution in [0.2, 0.25) is 0 Å². The van der Waals surface area contributed by atoms with Crippen molar-refractivity contribution < 1.29 is 9.47 Å². The number of aromatic nitrogens is 2. The summed E-state index contributed by atoms with van der Waals surface area (Å²) < 4.78 is 11.8. The van der Waals surface area contributed by atoms with Crippen LogP contribution in [0.15, 0.2) is 30.6 Å². The number of benzene rings is 1. The Hall–Kier alpha value is -2.71. The third-order valence-electron chi connectivity index (χ3n) is 6.70. The zero-order chi connectivity index (χ0) is 22.1. The highest BCUT2D eigenvalue weighted by molar-refractivity contribution is 6.13. The van der Waals surface area contributed by atoms with Gasteiger partial charge >= 0.3 is 0 Å². The standard InChI is InChI=1S/C24H32N6O2/c1-24(6-7-24)32-17-4-5-20(25)19(13-17)23(26)21-14-22(28-16-27-21)30-10-8-29(9-11-30)15-18-3-2-12-31-18/h4-5,13-14,16,18,26H,2-3,6-12,15,25H2,1H3. The highest BCUT2D eigenvalue weighted by Gasteiger charge is 2.40. The van der Waals surface area contributed by atoms with Crippen molar-refractivity contribution in [2.45, 2.75) is 44.3 Å². The van der Waals surface area contributed by atoms with Gasteiger partial charge in [0.1, 0.15) is 23.5 Å². The van der Waals surface area contributed by atoms with Crippen LogP contribution < -0.4 is 15.4 Å². The van der Waals surface area contributed by atoms with Crippen LogP contribution in [0.5, 0.6) is 5.75 Å². The lowest BCUT2D eigenvalue weighted by atomic mass is 10.0. The van der Waals surface area contributed by atoms with Crippen molar-refractivity contribution in [3.05, 3.63) is 41.9 Å². The monoisotopic (exact) mass is 436 g/mol. The van der Waals surface area contributed by atoms with E-state index in [1.807, 2.05) is 18.2 Å². The number of nitrogens with two attached hydrogens (primary N) is 1. The molecule has 2 saturated heterocycles. The molecular formula is C24H32N6O2. The third kappa shape index (κ3) is 4.71. The minimum absolute atomic E-state index is 0.0797. The van der Waals surface area contributed by atoms with Gasteiger partial charge in [-0.15, -0.1) is 0 Å². The van der Waals surface area contributed by atoms with Crippen LogP contribution in [0, 0.1) is 5.41 Å². The summed E-state index contributed by atoms with van der Waals surface area (Å²) in [6.07, 6.45) is 6.40. The lowest BCUT2D eigenvalue weighted by molar-refractivity contribution is 0.0712. The van der Waals surface area contributed by atoms with Gasteiger partial charge in [-0.3, -0.25) is 10.3 Å². The van der Waals surface area contributed by atoms with Gasteiger partial charge in [0.15, 0.2) is 0 Å². The van der Waals surface area contributed by atoms with Gasteiger partial charge in [-0.2, -0.15) is 0 Å². The lowest BCUT2D eigenvalue weighted by Crippen LogP contribution is -2.48. The molecule has 3 fully saturated rings. The first-order valence-corrected chi connectivity index (χ1v) is 11.6. The third-order valence-corrected chi connectivity index (χ3v) is 6.70. The number of nitrogens with zero attached hydrogens (tertiary/aromatic N) is 4. The maximum Gasteiger partial charge on any atom is 0.132 e. The zero-order valence-electron chi connectivity index (χ0n) is 18.7. The van der Waals surface area contributed by atoms with E-state index >= 15 is 0 Å². The first kappa shape index (κ1) is 21.2. The minimum atomic E-state index is -0.0797. The molecule has 1 unspecified atom stereocenters. The normalized spacial score (nSPS) is 22.7. The van der Waals surface area contributed by atoms with Crippen molar-refractivity contribution >= 4 is 17.2 Å². The van der Waals surface area contributed by atoms with E-state index in [1.165, 1.54) is 12.8 Å². The summed E-state index contributed by atoms with van der Waals surface area (Å²) in [6, 6.07) is 7.43. The van der Waals surface area contributed by atoms with E-state index in [0.717, 1.165) is 63.7 Å². The number of piperazine rings is 1. The van der Waals surface area contributed by atoms with Crippen molar-refractivity contribution in [2.24, 2.45) is 0 Å². The fourth-order valence-corrected chi connectivity index (χ4v) is 4.41. The molecule has 32 heavy (non-hydrogen) atoms. The molecule has 5 rings (SSSR count). The number of hydrogen-bond acceptors (Lipinski definition) is 8.